The van der Waals surface area contributed by atoms with Gasteiger partial charge in [-0.25, -0.2) is 0 Å². The van der Waals surface area contributed by atoms with Gasteiger partial charge in [0.1, 0.15) is 5.54 Å². The molecule has 0 aromatic rings. The number of hydrogen-bond acceptors (Lipinski definition) is 4. The molecule has 1 N–H and O–H groups in total. The van der Waals surface area contributed by atoms with Gasteiger partial charge in [0.05, 0.1) is 0 Å². The SMILES string of the molecule is CC1(N(O)/C=C2/C=CC=CC2=O)CCCCC1=O. The monoisotopic (exact) mass is 247 g/mol. The van der Waals surface area contributed by atoms with Crippen LogP contribution < -0.4 is 0 Å². The fourth-order valence-corrected chi connectivity index (χ4v) is 2.27. The van der Waals surface area contributed by atoms with E-state index in [-0.39, 0.29) is 11.6 Å². The lowest BCUT2D eigenvalue weighted by molar-refractivity contribution is -0.162. The lowest BCUT2D eigenvalue weighted by Crippen LogP contribution is -2.50. The Kier molecular flexibility index (Phi) is 3.48. The van der Waals surface area contributed by atoms with Gasteiger partial charge in [0.15, 0.2) is 11.6 Å². The Morgan fingerprint density at radius 1 is 1.28 bits per heavy atom. The van der Waals surface area contributed by atoms with Crippen molar-refractivity contribution in [1.82, 2.24) is 5.06 Å². The molecule has 4 heteroatoms. The fourth-order valence-electron chi connectivity index (χ4n) is 2.27. The summed E-state index contributed by atoms with van der Waals surface area (Å²) in [6.45, 7) is 1.72. The first-order valence-corrected chi connectivity index (χ1v) is 6.16. The van der Waals surface area contributed by atoms with Crippen molar-refractivity contribution in [3.63, 3.8) is 0 Å². The maximum atomic E-state index is 11.9. The molecule has 2 aliphatic carbocycles. The predicted molar refractivity (Wildman–Crippen MR) is 66.9 cm³/mol. The van der Waals surface area contributed by atoms with Crippen molar-refractivity contribution in [2.45, 2.75) is 38.1 Å². The smallest absolute Gasteiger partial charge is 0.187 e. The second-order valence-electron chi connectivity index (χ2n) is 4.92. The van der Waals surface area contributed by atoms with Gasteiger partial charge < -0.3 is 0 Å². The Bertz CT molecular complexity index is 462. The molecule has 0 aromatic carbocycles. The molecule has 4 nitrogen and oxygen atoms in total. The molecule has 2 aliphatic rings. The van der Waals surface area contributed by atoms with E-state index in [4.69, 9.17) is 0 Å². The van der Waals surface area contributed by atoms with Crippen molar-refractivity contribution < 1.29 is 14.8 Å². The standard InChI is InChI=1S/C14H17NO3/c1-14(9-5-4-8-13(14)17)15(18)10-11-6-2-3-7-12(11)16/h2-3,6-7,10,18H,4-5,8-9H2,1H3/b11-10-. The van der Waals surface area contributed by atoms with Gasteiger partial charge in [-0.1, -0.05) is 18.6 Å². The molecular formula is C14H17NO3. The summed E-state index contributed by atoms with van der Waals surface area (Å²) in [4.78, 5) is 23.5. The molecule has 1 atom stereocenters. The summed E-state index contributed by atoms with van der Waals surface area (Å²) >= 11 is 0. The molecule has 2 rings (SSSR count). The highest BCUT2D eigenvalue weighted by Gasteiger charge is 2.39. The summed E-state index contributed by atoms with van der Waals surface area (Å²) < 4.78 is 0. The number of carbonyl (C=O) groups is 2. The minimum absolute atomic E-state index is 0.0240. The zero-order valence-electron chi connectivity index (χ0n) is 10.4. The van der Waals surface area contributed by atoms with Crippen LogP contribution in [0.25, 0.3) is 0 Å². The molecule has 0 aromatic heterocycles. The van der Waals surface area contributed by atoms with Gasteiger partial charge in [-0.05, 0) is 31.9 Å². The first-order chi connectivity index (χ1) is 8.54. The van der Waals surface area contributed by atoms with Gasteiger partial charge in [-0.3, -0.25) is 19.9 Å². The zero-order valence-corrected chi connectivity index (χ0v) is 10.4. The van der Waals surface area contributed by atoms with Crippen molar-refractivity contribution in [2.75, 3.05) is 0 Å². The molecule has 1 saturated carbocycles. The molecule has 0 spiro atoms. The Morgan fingerprint density at radius 2 is 2.00 bits per heavy atom. The molecule has 0 aliphatic heterocycles. The van der Waals surface area contributed by atoms with Crippen LogP contribution in [0, 0.1) is 0 Å². The third-order valence-corrected chi connectivity index (χ3v) is 3.60. The van der Waals surface area contributed by atoms with Crippen LogP contribution >= 0.6 is 0 Å². The van der Waals surface area contributed by atoms with Crippen molar-refractivity contribution in [2.24, 2.45) is 0 Å². The van der Waals surface area contributed by atoms with E-state index in [2.05, 4.69) is 0 Å². The summed E-state index contributed by atoms with van der Waals surface area (Å²) in [5, 5.41) is 11.0. The molecule has 0 bridgehead atoms. The molecular weight excluding hydrogens is 230 g/mol. The minimum Gasteiger partial charge on any atom is -0.297 e. The van der Waals surface area contributed by atoms with Gasteiger partial charge in [0, 0.05) is 18.2 Å². The molecule has 0 saturated heterocycles. The Morgan fingerprint density at radius 3 is 2.67 bits per heavy atom. The summed E-state index contributed by atoms with van der Waals surface area (Å²) in [7, 11) is 0. The van der Waals surface area contributed by atoms with Crippen LogP contribution in [0.1, 0.15) is 32.6 Å². The number of rotatable bonds is 2. The highest BCUT2D eigenvalue weighted by molar-refractivity contribution is 6.07. The van der Waals surface area contributed by atoms with E-state index >= 15 is 0 Å². The first-order valence-electron chi connectivity index (χ1n) is 6.16. The number of allylic oxidation sites excluding steroid dienone is 5. The van der Waals surface area contributed by atoms with Gasteiger partial charge in [0.2, 0.25) is 0 Å². The molecule has 1 fully saturated rings. The number of ketones is 2. The lowest BCUT2D eigenvalue weighted by Gasteiger charge is -2.37. The number of hydrogen-bond donors (Lipinski definition) is 1. The van der Waals surface area contributed by atoms with Gasteiger partial charge in [0.25, 0.3) is 0 Å². The molecule has 18 heavy (non-hydrogen) atoms. The van der Waals surface area contributed by atoms with Gasteiger partial charge in [-0.2, -0.15) is 0 Å². The van der Waals surface area contributed by atoms with Crippen LogP contribution in [0.2, 0.25) is 0 Å². The summed E-state index contributed by atoms with van der Waals surface area (Å²) in [6, 6.07) is 0. The molecule has 1 unspecified atom stereocenters. The maximum Gasteiger partial charge on any atom is 0.187 e. The van der Waals surface area contributed by atoms with Crippen LogP contribution in [-0.2, 0) is 9.59 Å². The van der Waals surface area contributed by atoms with E-state index in [0.29, 0.717) is 18.4 Å². The second kappa shape index (κ2) is 4.90. The van der Waals surface area contributed by atoms with Crippen LogP contribution in [0.3, 0.4) is 0 Å². The third kappa shape index (κ3) is 2.29. The zero-order chi connectivity index (χ0) is 13.2. The molecule has 0 amide bonds. The molecule has 0 heterocycles. The maximum absolute atomic E-state index is 11.9. The lowest BCUT2D eigenvalue weighted by atomic mass is 9.82. The van der Waals surface area contributed by atoms with Gasteiger partial charge in [-0.15, -0.1) is 0 Å². The summed E-state index contributed by atoms with van der Waals surface area (Å²) in [5.41, 5.74) is -0.514. The Balaban J connectivity index is 2.21. The molecule has 0 radical (unpaired) electrons. The predicted octanol–water partition coefficient (Wildman–Crippen LogP) is 2.16. The highest BCUT2D eigenvalue weighted by atomic mass is 16.5. The Hall–Kier alpha value is -1.68. The highest BCUT2D eigenvalue weighted by Crippen LogP contribution is 2.30. The minimum atomic E-state index is -0.902. The van der Waals surface area contributed by atoms with Crippen molar-refractivity contribution >= 4 is 11.6 Å². The average Bonchev–Trinajstić information content (AvgIpc) is 2.36. The van der Waals surface area contributed by atoms with Crippen LogP contribution in [0.5, 0.6) is 0 Å². The normalized spacial score (nSPS) is 30.0. The van der Waals surface area contributed by atoms with Crippen LogP contribution in [0.15, 0.2) is 36.1 Å². The van der Waals surface area contributed by atoms with Crippen LogP contribution in [0.4, 0.5) is 0 Å². The quantitative estimate of drug-likeness (QED) is 0.600. The fraction of sp³-hybridized carbons (Fsp3) is 0.429. The Labute approximate surface area is 106 Å². The third-order valence-electron chi connectivity index (χ3n) is 3.60. The van der Waals surface area contributed by atoms with E-state index in [9.17, 15) is 14.8 Å². The topological polar surface area (TPSA) is 57.6 Å². The summed E-state index contributed by atoms with van der Waals surface area (Å²) in [5.74, 6) is -0.140. The van der Waals surface area contributed by atoms with E-state index in [1.165, 1.54) is 12.3 Å². The van der Waals surface area contributed by atoms with E-state index in [0.717, 1.165) is 17.9 Å². The number of carbonyl (C=O) groups excluding carboxylic acids is 2. The number of Topliss-reactive ketones (excluding diaryl/α,β-unsaturated/α-hetero) is 1. The van der Waals surface area contributed by atoms with Crippen LogP contribution in [-0.4, -0.2) is 27.4 Å². The van der Waals surface area contributed by atoms with E-state index in [1.807, 2.05) is 0 Å². The van der Waals surface area contributed by atoms with Crippen molar-refractivity contribution in [3.05, 3.63) is 36.1 Å². The van der Waals surface area contributed by atoms with E-state index in [1.54, 1.807) is 25.2 Å². The number of hydroxylamine groups is 2. The number of nitrogens with zero attached hydrogens (tertiary/aromatic N) is 1. The second-order valence-corrected chi connectivity index (χ2v) is 4.92. The van der Waals surface area contributed by atoms with Crippen molar-refractivity contribution in [1.29, 1.82) is 0 Å². The van der Waals surface area contributed by atoms with E-state index < -0.39 is 5.54 Å². The van der Waals surface area contributed by atoms with Gasteiger partial charge >= 0.3 is 0 Å². The largest absolute Gasteiger partial charge is 0.297 e. The van der Waals surface area contributed by atoms with Crippen molar-refractivity contribution in [3.8, 4) is 0 Å². The average molecular weight is 247 g/mol. The summed E-state index contributed by atoms with van der Waals surface area (Å²) in [6.07, 6.45) is 10.7. The first kappa shape index (κ1) is 12.8. The molecule has 96 valence electrons.